The number of nitrogens with one attached hydrogen (secondary N) is 2. The van der Waals surface area contributed by atoms with Crippen LogP contribution in [0.2, 0.25) is 0 Å². The Balaban J connectivity index is 1.76. The number of aliphatic carboxylic acids is 1. The molecule has 208 valence electrons. The summed E-state index contributed by atoms with van der Waals surface area (Å²) in [5.41, 5.74) is 12.7. The molecule has 1 aliphatic heterocycles. The predicted molar refractivity (Wildman–Crippen MR) is 140 cm³/mol. The zero-order valence-corrected chi connectivity index (χ0v) is 21.3. The van der Waals surface area contributed by atoms with E-state index < -0.39 is 60.2 Å². The van der Waals surface area contributed by atoms with Gasteiger partial charge in [-0.3, -0.25) is 19.2 Å². The lowest BCUT2D eigenvalue weighted by atomic mass is 10.0. The van der Waals surface area contributed by atoms with Gasteiger partial charge in [0, 0.05) is 13.0 Å². The van der Waals surface area contributed by atoms with Gasteiger partial charge in [0.15, 0.2) is 0 Å². The molecule has 0 aromatic heterocycles. The summed E-state index contributed by atoms with van der Waals surface area (Å²) in [5, 5.41) is 24.0. The molecule has 12 nitrogen and oxygen atoms in total. The second kappa shape index (κ2) is 13.4. The third-order valence-electron chi connectivity index (χ3n) is 6.49. The van der Waals surface area contributed by atoms with Crippen molar-refractivity contribution in [2.45, 2.75) is 56.3 Å². The Morgan fingerprint density at radius 1 is 0.897 bits per heavy atom. The number of carbonyl (C=O) groups excluding carboxylic acids is 4. The molecule has 3 rings (SSSR count). The molecule has 1 fully saturated rings. The van der Waals surface area contributed by atoms with E-state index in [9.17, 15) is 34.2 Å². The van der Waals surface area contributed by atoms with Crippen LogP contribution in [-0.4, -0.2) is 75.4 Å². The van der Waals surface area contributed by atoms with Crippen LogP contribution in [0.25, 0.3) is 0 Å². The summed E-state index contributed by atoms with van der Waals surface area (Å²) in [5.74, 6) is -4.07. The van der Waals surface area contributed by atoms with Gasteiger partial charge in [0.1, 0.15) is 23.9 Å². The van der Waals surface area contributed by atoms with E-state index in [2.05, 4.69) is 10.6 Å². The Kier molecular flexibility index (Phi) is 9.98. The minimum absolute atomic E-state index is 0.0539. The summed E-state index contributed by atoms with van der Waals surface area (Å²) in [6.45, 7) is 0.227. The number of aromatic hydroxyl groups is 1. The van der Waals surface area contributed by atoms with Crippen molar-refractivity contribution in [1.29, 1.82) is 0 Å². The van der Waals surface area contributed by atoms with E-state index >= 15 is 0 Å². The van der Waals surface area contributed by atoms with Crippen molar-refractivity contribution in [2.24, 2.45) is 11.5 Å². The molecule has 0 radical (unpaired) electrons. The van der Waals surface area contributed by atoms with E-state index in [1.165, 1.54) is 17.0 Å². The topological polar surface area (TPSA) is 205 Å². The molecule has 4 amide bonds. The summed E-state index contributed by atoms with van der Waals surface area (Å²) in [7, 11) is 0. The summed E-state index contributed by atoms with van der Waals surface area (Å²) >= 11 is 0. The highest BCUT2D eigenvalue weighted by Gasteiger charge is 2.38. The molecule has 1 heterocycles. The number of amides is 4. The average molecular weight is 540 g/mol. The van der Waals surface area contributed by atoms with Crippen LogP contribution in [0.5, 0.6) is 5.75 Å². The molecule has 12 heteroatoms. The van der Waals surface area contributed by atoms with Crippen LogP contribution >= 0.6 is 0 Å². The first-order valence-electron chi connectivity index (χ1n) is 12.5. The maximum atomic E-state index is 13.4. The number of hydrogen-bond acceptors (Lipinski definition) is 7. The molecule has 1 saturated heterocycles. The number of phenolic OH excluding ortho intramolecular Hbond substituents is 1. The molecular formula is C27H33N5O7. The van der Waals surface area contributed by atoms with Gasteiger partial charge >= 0.3 is 5.97 Å². The largest absolute Gasteiger partial charge is 0.508 e. The van der Waals surface area contributed by atoms with Crippen LogP contribution in [0.4, 0.5) is 0 Å². The lowest BCUT2D eigenvalue weighted by Gasteiger charge is -2.29. The third kappa shape index (κ3) is 8.27. The van der Waals surface area contributed by atoms with Crippen molar-refractivity contribution in [2.75, 3.05) is 6.54 Å². The van der Waals surface area contributed by atoms with Crippen molar-refractivity contribution in [1.82, 2.24) is 15.5 Å². The van der Waals surface area contributed by atoms with E-state index in [0.29, 0.717) is 24.0 Å². The molecule has 2 aromatic carbocycles. The number of rotatable bonds is 12. The van der Waals surface area contributed by atoms with Gasteiger partial charge in [-0.05, 0) is 42.5 Å². The van der Waals surface area contributed by atoms with Crippen molar-refractivity contribution in [3.05, 3.63) is 65.7 Å². The Morgan fingerprint density at radius 2 is 1.51 bits per heavy atom. The fourth-order valence-electron chi connectivity index (χ4n) is 4.48. The normalized spacial score (nSPS) is 17.1. The number of carbonyl (C=O) groups is 5. The first-order valence-corrected chi connectivity index (χ1v) is 12.5. The van der Waals surface area contributed by atoms with Gasteiger partial charge in [-0.15, -0.1) is 0 Å². The molecule has 2 aromatic rings. The SMILES string of the molecule is NC(=O)CC(NC(=O)C(N)Cc1ccc(O)cc1)C(=O)NC(Cc1ccccc1)C(=O)N1CCCC1C(=O)O. The predicted octanol–water partition coefficient (Wildman–Crippen LogP) is -0.575. The summed E-state index contributed by atoms with van der Waals surface area (Å²) in [6, 6.07) is 10.3. The summed E-state index contributed by atoms with van der Waals surface area (Å²) < 4.78 is 0. The van der Waals surface area contributed by atoms with Crippen LogP contribution in [-0.2, 0) is 36.8 Å². The first kappa shape index (κ1) is 29.1. The maximum absolute atomic E-state index is 13.4. The Bertz CT molecular complexity index is 1190. The monoisotopic (exact) mass is 539 g/mol. The number of nitrogens with zero attached hydrogens (tertiary/aromatic N) is 1. The number of phenols is 1. The van der Waals surface area contributed by atoms with E-state index in [1.54, 1.807) is 42.5 Å². The average Bonchev–Trinajstić information content (AvgIpc) is 3.39. The van der Waals surface area contributed by atoms with Crippen molar-refractivity contribution in [3.63, 3.8) is 0 Å². The van der Waals surface area contributed by atoms with Crippen LogP contribution in [0.15, 0.2) is 54.6 Å². The van der Waals surface area contributed by atoms with Gasteiger partial charge in [-0.25, -0.2) is 4.79 Å². The van der Waals surface area contributed by atoms with Crippen LogP contribution in [0.3, 0.4) is 0 Å². The number of carboxylic acid groups (broad SMARTS) is 1. The highest BCUT2D eigenvalue weighted by Crippen LogP contribution is 2.20. The molecular weight excluding hydrogens is 506 g/mol. The fraction of sp³-hybridized carbons (Fsp3) is 0.370. The van der Waals surface area contributed by atoms with Gasteiger partial charge in [-0.1, -0.05) is 42.5 Å². The van der Waals surface area contributed by atoms with Crippen LogP contribution in [0, 0.1) is 0 Å². The summed E-state index contributed by atoms with van der Waals surface area (Å²) in [6.07, 6.45) is 0.418. The Hall–Kier alpha value is -4.45. The Labute approximate surface area is 225 Å². The first-order chi connectivity index (χ1) is 18.5. The van der Waals surface area contributed by atoms with E-state index in [0.717, 1.165) is 0 Å². The molecule has 8 N–H and O–H groups in total. The minimum Gasteiger partial charge on any atom is -0.508 e. The van der Waals surface area contributed by atoms with E-state index in [-0.39, 0.29) is 25.1 Å². The number of primary amides is 1. The molecule has 1 aliphatic rings. The highest BCUT2D eigenvalue weighted by molar-refractivity contribution is 5.96. The van der Waals surface area contributed by atoms with Crippen LogP contribution in [0.1, 0.15) is 30.4 Å². The molecule has 4 unspecified atom stereocenters. The lowest BCUT2D eigenvalue weighted by molar-refractivity contribution is -0.149. The molecule has 0 aliphatic carbocycles. The standard InChI is InChI=1S/C27H33N5O7/c28-19(13-17-8-10-18(33)11-9-17)24(35)30-20(15-23(29)34)25(36)31-21(14-16-5-2-1-3-6-16)26(37)32-12-4-7-22(32)27(38)39/h1-3,5-6,8-11,19-22,33H,4,7,12-15,28H2,(H2,29,34)(H,30,35)(H,31,36)(H,38,39). The fourth-order valence-corrected chi connectivity index (χ4v) is 4.48. The van der Waals surface area contributed by atoms with Gasteiger partial charge in [0.05, 0.1) is 12.5 Å². The van der Waals surface area contributed by atoms with Crippen molar-refractivity contribution < 1.29 is 34.2 Å². The molecule has 0 spiro atoms. The lowest BCUT2D eigenvalue weighted by Crippen LogP contribution is -2.58. The molecule has 0 bridgehead atoms. The zero-order chi connectivity index (χ0) is 28.5. The van der Waals surface area contributed by atoms with Crippen LogP contribution < -0.4 is 22.1 Å². The van der Waals surface area contributed by atoms with Gasteiger partial charge in [0.2, 0.25) is 23.6 Å². The number of benzene rings is 2. The molecule has 39 heavy (non-hydrogen) atoms. The number of likely N-dealkylation sites (tertiary alicyclic amines) is 1. The Morgan fingerprint density at radius 3 is 2.13 bits per heavy atom. The van der Waals surface area contributed by atoms with Crippen molar-refractivity contribution in [3.8, 4) is 5.75 Å². The second-order valence-corrected chi connectivity index (χ2v) is 9.49. The van der Waals surface area contributed by atoms with E-state index in [1.807, 2.05) is 0 Å². The minimum atomic E-state index is -1.42. The van der Waals surface area contributed by atoms with Gasteiger partial charge in [-0.2, -0.15) is 0 Å². The van der Waals surface area contributed by atoms with Gasteiger partial charge < -0.3 is 37.2 Å². The van der Waals surface area contributed by atoms with Gasteiger partial charge in [0.25, 0.3) is 0 Å². The van der Waals surface area contributed by atoms with Crippen molar-refractivity contribution >= 4 is 29.6 Å². The highest BCUT2D eigenvalue weighted by atomic mass is 16.4. The number of carboxylic acids is 1. The zero-order valence-electron chi connectivity index (χ0n) is 21.3. The molecule has 0 saturated carbocycles. The number of hydrogen-bond donors (Lipinski definition) is 6. The third-order valence-corrected chi connectivity index (χ3v) is 6.49. The summed E-state index contributed by atoms with van der Waals surface area (Å²) in [4.78, 5) is 64.1. The quantitative estimate of drug-likeness (QED) is 0.205. The maximum Gasteiger partial charge on any atom is 0.326 e. The molecule has 4 atom stereocenters. The van der Waals surface area contributed by atoms with E-state index in [4.69, 9.17) is 11.5 Å². The second-order valence-electron chi connectivity index (χ2n) is 9.49. The smallest absolute Gasteiger partial charge is 0.326 e. The number of nitrogens with two attached hydrogens (primary N) is 2.